The van der Waals surface area contributed by atoms with Gasteiger partial charge in [-0.25, -0.2) is 0 Å². The van der Waals surface area contributed by atoms with E-state index in [1.54, 1.807) is 23.7 Å². The maximum atomic E-state index is 12.1. The van der Waals surface area contributed by atoms with E-state index >= 15 is 0 Å². The Balaban J connectivity index is 1.73. The molecule has 3 heterocycles. The monoisotopic (exact) mass is 261 g/mol. The summed E-state index contributed by atoms with van der Waals surface area (Å²) in [7, 11) is 0. The van der Waals surface area contributed by atoms with Gasteiger partial charge >= 0.3 is 0 Å². The topological polar surface area (TPSA) is 54.0 Å². The summed E-state index contributed by atoms with van der Waals surface area (Å²) in [4.78, 5) is 16.3. The summed E-state index contributed by atoms with van der Waals surface area (Å²) >= 11 is 1.58. The molecule has 1 atom stereocenters. The highest BCUT2D eigenvalue weighted by atomic mass is 32.1. The van der Waals surface area contributed by atoms with E-state index in [4.69, 9.17) is 0 Å². The average molecular weight is 261 g/mol. The van der Waals surface area contributed by atoms with Gasteiger partial charge in [-0.2, -0.15) is 0 Å². The lowest BCUT2D eigenvalue weighted by Gasteiger charge is -2.11. The number of hydrogen-bond acceptors (Lipinski definition) is 4. The molecule has 2 N–H and O–H groups in total. The van der Waals surface area contributed by atoms with Crippen LogP contribution in [-0.2, 0) is 0 Å². The Morgan fingerprint density at radius 3 is 3.33 bits per heavy atom. The molecule has 1 aliphatic rings. The zero-order chi connectivity index (χ0) is 12.4. The summed E-state index contributed by atoms with van der Waals surface area (Å²) in [5.74, 6) is -0.0238. The lowest BCUT2D eigenvalue weighted by Crippen LogP contribution is -2.37. The average Bonchev–Trinajstić information content (AvgIpc) is 3.05. The number of aromatic nitrogens is 1. The Morgan fingerprint density at radius 2 is 2.50 bits per heavy atom. The molecule has 0 radical (unpaired) electrons. The number of thiophene rings is 1. The summed E-state index contributed by atoms with van der Waals surface area (Å²) in [6.07, 6.45) is 5.78. The third-order valence-electron chi connectivity index (χ3n) is 3.27. The van der Waals surface area contributed by atoms with Crippen LogP contribution in [0.5, 0.6) is 0 Å². The number of rotatable bonds is 3. The lowest BCUT2D eigenvalue weighted by molar-refractivity contribution is 0.0952. The first kappa shape index (κ1) is 11.6. The van der Waals surface area contributed by atoms with Gasteiger partial charge in [0.25, 0.3) is 5.91 Å². The van der Waals surface area contributed by atoms with Crippen LogP contribution in [0.1, 0.15) is 23.2 Å². The van der Waals surface area contributed by atoms with Crippen LogP contribution in [0.25, 0.3) is 10.1 Å². The second-order valence-electron chi connectivity index (χ2n) is 4.53. The Hall–Kier alpha value is -1.46. The molecule has 0 spiro atoms. The fraction of sp³-hybridized carbons (Fsp3) is 0.385. The second kappa shape index (κ2) is 5.04. The van der Waals surface area contributed by atoms with Crippen LogP contribution in [-0.4, -0.2) is 30.0 Å². The van der Waals surface area contributed by atoms with Crippen molar-refractivity contribution in [3.05, 3.63) is 29.4 Å². The maximum absolute atomic E-state index is 12.1. The summed E-state index contributed by atoms with van der Waals surface area (Å²) in [6.45, 7) is 1.75. The fourth-order valence-electron chi connectivity index (χ4n) is 2.29. The predicted octanol–water partition coefficient (Wildman–Crippen LogP) is 1.78. The van der Waals surface area contributed by atoms with E-state index < -0.39 is 0 Å². The highest BCUT2D eigenvalue weighted by Crippen LogP contribution is 2.23. The van der Waals surface area contributed by atoms with Gasteiger partial charge in [0, 0.05) is 30.4 Å². The Kier molecular flexibility index (Phi) is 3.25. The minimum absolute atomic E-state index is 0.0238. The van der Waals surface area contributed by atoms with Crippen molar-refractivity contribution in [3.63, 3.8) is 0 Å². The molecule has 1 saturated heterocycles. The van der Waals surface area contributed by atoms with Crippen LogP contribution in [0.2, 0.25) is 0 Å². The van der Waals surface area contributed by atoms with Crippen molar-refractivity contribution < 1.29 is 4.79 Å². The van der Waals surface area contributed by atoms with Crippen molar-refractivity contribution in [1.29, 1.82) is 0 Å². The van der Waals surface area contributed by atoms with Gasteiger partial charge in [-0.3, -0.25) is 9.78 Å². The molecule has 0 aromatic carbocycles. The van der Waals surface area contributed by atoms with Crippen LogP contribution < -0.4 is 10.6 Å². The normalized spacial score (nSPS) is 19.2. The molecule has 0 aliphatic carbocycles. The van der Waals surface area contributed by atoms with E-state index in [9.17, 15) is 4.79 Å². The van der Waals surface area contributed by atoms with Crippen molar-refractivity contribution in [1.82, 2.24) is 15.6 Å². The van der Waals surface area contributed by atoms with Crippen molar-refractivity contribution in [2.24, 2.45) is 0 Å². The van der Waals surface area contributed by atoms with Crippen LogP contribution in [0.4, 0.5) is 0 Å². The van der Waals surface area contributed by atoms with Crippen LogP contribution in [0, 0.1) is 0 Å². The van der Waals surface area contributed by atoms with Gasteiger partial charge < -0.3 is 10.6 Å². The Morgan fingerprint density at radius 1 is 1.56 bits per heavy atom. The van der Waals surface area contributed by atoms with Crippen molar-refractivity contribution in [2.45, 2.75) is 18.9 Å². The summed E-state index contributed by atoms with van der Waals surface area (Å²) < 4.78 is 1.02. The number of carbonyl (C=O) groups excluding carboxylic acids is 1. The molecule has 2 aromatic heterocycles. The van der Waals surface area contributed by atoms with Crippen molar-refractivity contribution in [2.75, 3.05) is 13.1 Å². The van der Waals surface area contributed by atoms with Gasteiger partial charge in [-0.1, -0.05) is 0 Å². The molecule has 3 rings (SSSR count). The molecule has 5 heteroatoms. The number of fused-ring (bicyclic) bond motifs is 1. The predicted molar refractivity (Wildman–Crippen MR) is 73.0 cm³/mol. The quantitative estimate of drug-likeness (QED) is 0.885. The zero-order valence-electron chi connectivity index (χ0n) is 9.98. The largest absolute Gasteiger partial charge is 0.350 e. The first-order valence-corrected chi connectivity index (χ1v) is 7.05. The third kappa shape index (κ3) is 2.23. The van der Waals surface area contributed by atoms with Crippen LogP contribution >= 0.6 is 11.3 Å². The zero-order valence-corrected chi connectivity index (χ0v) is 10.8. The lowest BCUT2D eigenvalue weighted by atomic mass is 10.2. The van der Waals surface area contributed by atoms with E-state index in [0.717, 1.165) is 23.1 Å². The van der Waals surface area contributed by atoms with Gasteiger partial charge in [-0.15, -0.1) is 11.3 Å². The van der Waals surface area contributed by atoms with Gasteiger partial charge in [0.1, 0.15) is 0 Å². The molecule has 1 amide bonds. The number of nitrogens with one attached hydrogen (secondary N) is 2. The fourth-order valence-corrected chi connectivity index (χ4v) is 3.17. The standard InChI is InChI=1S/C13H15N3OS/c17-13(16-7-10-2-1-4-15-10)11-8-14-6-9-3-5-18-12(9)11/h3,5-6,8,10,15H,1-2,4,7H2,(H,16,17). The Labute approximate surface area is 109 Å². The molecular formula is C13H15N3OS. The van der Waals surface area contributed by atoms with Gasteiger partial charge in [-0.05, 0) is 30.8 Å². The van der Waals surface area contributed by atoms with Gasteiger partial charge in [0.2, 0.25) is 0 Å². The number of nitrogens with zero attached hydrogens (tertiary/aromatic N) is 1. The molecule has 94 valence electrons. The molecule has 0 saturated carbocycles. The minimum atomic E-state index is -0.0238. The van der Waals surface area contributed by atoms with Crippen LogP contribution in [0.3, 0.4) is 0 Å². The number of amides is 1. The van der Waals surface area contributed by atoms with E-state index in [-0.39, 0.29) is 5.91 Å². The first-order valence-electron chi connectivity index (χ1n) is 6.17. The number of hydrogen-bond donors (Lipinski definition) is 2. The van der Waals surface area contributed by atoms with E-state index in [2.05, 4.69) is 15.6 Å². The molecule has 0 bridgehead atoms. The minimum Gasteiger partial charge on any atom is -0.350 e. The molecule has 1 fully saturated rings. The molecular weight excluding hydrogens is 246 g/mol. The summed E-state index contributed by atoms with van der Waals surface area (Å²) in [6, 6.07) is 2.41. The molecule has 1 unspecified atom stereocenters. The van der Waals surface area contributed by atoms with Crippen molar-refractivity contribution in [3.8, 4) is 0 Å². The maximum Gasteiger partial charge on any atom is 0.254 e. The third-order valence-corrected chi connectivity index (χ3v) is 4.24. The van der Waals surface area contributed by atoms with E-state index in [1.807, 2.05) is 11.4 Å². The molecule has 2 aromatic rings. The van der Waals surface area contributed by atoms with Crippen molar-refractivity contribution >= 4 is 27.3 Å². The molecule has 18 heavy (non-hydrogen) atoms. The molecule has 4 nitrogen and oxygen atoms in total. The van der Waals surface area contributed by atoms with E-state index in [0.29, 0.717) is 18.2 Å². The number of pyridine rings is 1. The second-order valence-corrected chi connectivity index (χ2v) is 5.45. The Bertz CT molecular complexity index is 560. The smallest absolute Gasteiger partial charge is 0.254 e. The molecule has 1 aliphatic heterocycles. The SMILES string of the molecule is O=C(NCC1CCCN1)c1cncc2ccsc12. The van der Waals surface area contributed by atoms with Gasteiger partial charge in [0.15, 0.2) is 0 Å². The number of carbonyl (C=O) groups is 1. The summed E-state index contributed by atoms with van der Waals surface area (Å²) in [5.41, 5.74) is 0.681. The summed E-state index contributed by atoms with van der Waals surface area (Å²) in [5, 5.41) is 9.38. The van der Waals surface area contributed by atoms with Gasteiger partial charge in [0.05, 0.1) is 10.3 Å². The first-order chi connectivity index (χ1) is 8.84. The highest BCUT2D eigenvalue weighted by Gasteiger charge is 2.16. The van der Waals surface area contributed by atoms with Crippen LogP contribution in [0.15, 0.2) is 23.8 Å². The van der Waals surface area contributed by atoms with E-state index in [1.165, 1.54) is 6.42 Å². The highest BCUT2D eigenvalue weighted by molar-refractivity contribution is 7.17.